The first-order chi connectivity index (χ1) is 13.6. The summed E-state index contributed by atoms with van der Waals surface area (Å²) in [5, 5.41) is 0. The van der Waals surface area contributed by atoms with Crippen LogP contribution in [-0.4, -0.2) is 54.2 Å². The summed E-state index contributed by atoms with van der Waals surface area (Å²) in [7, 11) is 1.03. The number of alkyl halides is 3. The minimum Gasteiger partial charge on any atom is -0.469 e. The molecule has 1 rings (SSSR count). The van der Waals surface area contributed by atoms with E-state index in [1.807, 2.05) is 0 Å². The van der Waals surface area contributed by atoms with Crippen molar-refractivity contribution in [3.8, 4) is 0 Å². The third kappa shape index (κ3) is 8.36. The summed E-state index contributed by atoms with van der Waals surface area (Å²) in [6.07, 6.45) is -5.45. The molecule has 1 atom stereocenters. The molecule has 30 heavy (non-hydrogen) atoms. The molecule has 0 aliphatic heterocycles. The summed E-state index contributed by atoms with van der Waals surface area (Å²) in [4.78, 5) is 36.1. The number of nitrogens with zero attached hydrogens (tertiary/aromatic N) is 1. The highest BCUT2D eigenvalue weighted by Crippen LogP contribution is 2.22. The second-order valence-electron chi connectivity index (χ2n) is 7.50. The van der Waals surface area contributed by atoms with E-state index < -0.39 is 61.0 Å². The van der Waals surface area contributed by atoms with Gasteiger partial charge in [0.15, 0.2) is 0 Å². The molecule has 0 spiro atoms. The number of hydrogen-bond acceptors (Lipinski definition) is 6. The van der Waals surface area contributed by atoms with E-state index >= 15 is 0 Å². The summed E-state index contributed by atoms with van der Waals surface area (Å²) in [5.41, 5.74) is 4.24. The third-order valence-corrected chi connectivity index (χ3v) is 3.65. The number of carbonyl (C=O) groups is 3. The van der Waals surface area contributed by atoms with Crippen molar-refractivity contribution in [2.24, 2.45) is 5.73 Å². The molecule has 0 heterocycles. The van der Waals surface area contributed by atoms with E-state index in [9.17, 15) is 31.9 Å². The summed E-state index contributed by atoms with van der Waals surface area (Å²) < 4.78 is 62.6. The molecule has 7 nitrogen and oxygen atoms in total. The van der Waals surface area contributed by atoms with Crippen LogP contribution >= 0.6 is 0 Å². The van der Waals surface area contributed by atoms with Crippen molar-refractivity contribution in [1.29, 1.82) is 0 Å². The third-order valence-electron chi connectivity index (χ3n) is 3.65. The highest BCUT2D eigenvalue weighted by molar-refractivity contribution is 5.90. The lowest BCUT2D eigenvalue weighted by Gasteiger charge is -2.27. The Labute approximate surface area is 171 Å². The predicted octanol–water partition coefficient (Wildman–Crippen LogP) is 2.56. The maximum atomic E-state index is 14.2. The van der Waals surface area contributed by atoms with Gasteiger partial charge in [-0.25, -0.2) is 9.18 Å². The number of benzene rings is 1. The quantitative estimate of drug-likeness (QED) is 0.521. The number of esters is 2. The van der Waals surface area contributed by atoms with Crippen molar-refractivity contribution < 1.29 is 41.4 Å². The second kappa shape index (κ2) is 9.88. The van der Waals surface area contributed by atoms with Crippen LogP contribution in [0.4, 0.5) is 17.6 Å². The zero-order valence-electron chi connectivity index (χ0n) is 17.0. The lowest BCUT2D eigenvalue weighted by Crippen LogP contribution is -2.48. The van der Waals surface area contributed by atoms with Gasteiger partial charge < -0.3 is 20.1 Å². The van der Waals surface area contributed by atoms with Crippen LogP contribution in [0.2, 0.25) is 0 Å². The molecule has 0 aliphatic carbocycles. The normalized spacial score (nSPS) is 12.8. The SMILES string of the molecule is COC(=O)C[C@H](N)C(=O)N(Cc1cc(C(=O)OC(C)(C)C)ccc1F)CC(F)(F)F. The van der Waals surface area contributed by atoms with Gasteiger partial charge in [0.25, 0.3) is 0 Å². The highest BCUT2D eigenvalue weighted by atomic mass is 19.4. The lowest BCUT2D eigenvalue weighted by atomic mass is 10.1. The number of amides is 1. The Kier molecular flexibility index (Phi) is 8.34. The molecule has 0 aliphatic rings. The fraction of sp³-hybridized carbons (Fsp3) is 0.526. The van der Waals surface area contributed by atoms with E-state index in [-0.39, 0.29) is 16.0 Å². The van der Waals surface area contributed by atoms with Crippen molar-refractivity contribution in [2.75, 3.05) is 13.7 Å². The predicted molar refractivity (Wildman–Crippen MR) is 97.6 cm³/mol. The van der Waals surface area contributed by atoms with Gasteiger partial charge in [0.2, 0.25) is 5.91 Å². The second-order valence-corrected chi connectivity index (χ2v) is 7.50. The van der Waals surface area contributed by atoms with Gasteiger partial charge in [0, 0.05) is 12.1 Å². The molecule has 0 unspecified atom stereocenters. The van der Waals surface area contributed by atoms with Crippen molar-refractivity contribution >= 4 is 17.8 Å². The lowest BCUT2D eigenvalue weighted by molar-refractivity contribution is -0.164. The standard InChI is InChI=1S/C19H24F4N2O5/c1-18(2,3)30-17(28)11-5-6-13(20)12(7-11)9-25(10-19(21,22)23)16(27)14(24)8-15(26)29-4/h5-7,14H,8-10,24H2,1-4H3/t14-/m0/s1. The van der Waals surface area contributed by atoms with E-state index in [4.69, 9.17) is 10.5 Å². The molecule has 2 N–H and O–H groups in total. The van der Waals surface area contributed by atoms with Gasteiger partial charge in [0.05, 0.1) is 25.1 Å². The van der Waals surface area contributed by atoms with Crippen LogP contribution in [0.5, 0.6) is 0 Å². The number of methoxy groups -OCH3 is 1. The van der Waals surface area contributed by atoms with Gasteiger partial charge in [-0.2, -0.15) is 13.2 Å². The molecule has 0 fully saturated rings. The number of nitrogens with two attached hydrogens (primary N) is 1. The van der Waals surface area contributed by atoms with Crippen LogP contribution in [0.1, 0.15) is 43.1 Å². The van der Waals surface area contributed by atoms with Crippen LogP contribution in [-0.2, 0) is 25.6 Å². The monoisotopic (exact) mass is 436 g/mol. The molecule has 1 amide bonds. The molecule has 0 radical (unpaired) electrons. The fourth-order valence-electron chi connectivity index (χ4n) is 2.38. The topological polar surface area (TPSA) is 98.9 Å². The minimum atomic E-state index is -4.81. The minimum absolute atomic E-state index is 0.0976. The van der Waals surface area contributed by atoms with Crippen molar-refractivity contribution in [2.45, 2.75) is 51.6 Å². The van der Waals surface area contributed by atoms with Crippen LogP contribution in [0.25, 0.3) is 0 Å². The van der Waals surface area contributed by atoms with E-state index in [1.54, 1.807) is 20.8 Å². The Bertz CT molecular complexity index is 790. The first kappa shape index (κ1) is 25.3. The first-order valence-corrected chi connectivity index (χ1v) is 8.82. The number of rotatable bonds is 7. The molecule has 1 aromatic rings. The molecule has 0 saturated heterocycles. The van der Waals surface area contributed by atoms with E-state index in [0.717, 1.165) is 25.3 Å². The van der Waals surface area contributed by atoms with Gasteiger partial charge in [-0.3, -0.25) is 9.59 Å². The van der Waals surface area contributed by atoms with E-state index in [0.29, 0.717) is 0 Å². The Hall–Kier alpha value is -2.69. The van der Waals surface area contributed by atoms with Gasteiger partial charge in [-0.1, -0.05) is 0 Å². The molecular formula is C19H24F4N2O5. The van der Waals surface area contributed by atoms with Crippen molar-refractivity contribution in [1.82, 2.24) is 4.90 Å². The van der Waals surface area contributed by atoms with Crippen molar-refractivity contribution in [3.63, 3.8) is 0 Å². The maximum Gasteiger partial charge on any atom is 0.406 e. The van der Waals surface area contributed by atoms with E-state index in [2.05, 4.69) is 4.74 Å². The zero-order valence-corrected chi connectivity index (χ0v) is 17.0. The molecule has 1 aromatic carbocycles. The number of ether oxygens (including phenoxy) is 2. The smallest absolute Gasteiger partial charge is 0.406 e. The molecule has 0 saturated carbocycles. The highest BCUT2D eigenvalue weighted by Gasteiger charge is 2.35. The number of hydrogen-bond donors (Lipinski definition) is 1. The molecule has 11 heteroatoms. The largest absolute Gasteiger partial charge is 0.469 e. The Morgan fingerprint density at radius 2 is 1.77 bits per heavy atom. The van der Waals surface area contributed by atoms with Crippen molar-refractivity contribution in [3.05, 3.63) is 35.1 Å². The van der Waals surface area contributed by atoms with Gasteiger partial charge >= 0.3 is 18.1 Å². The van der Waals surface area contributed by atoms with Crippen LogP contribution in [0.15, 0.2) is 18.2 Å². The van der Waals surface area contributed by atoms with Crippen LogP contribution in [0, 0.1) is 5.82 Å². The van der Waals surface area contributed by atoms with Crippen LogP contribution in [0.3, 0.4) is 0 Å². The molecule has 0 bridgehead atoms. The summed E-state index contributed by atoms with van der Waals surface area (Å²) in [5.74, 6) is -3.84. The number of halogens is 4. The van der Waals surface area contributed by atoms with Crippen LogP contribution < -0.4 is 5.73 Å². The van der Waals surface area contributed by atoms with Gasteiger partial charge in [0.1, 0.15) is 18.0 Å². The Morgan fingerprint density at radius 3 is 2.27 bits per heavy atom. The number of carbonyl (C=O) groups excluding carboxylic acids is 3. The summed E-state index contributed by atoms with van der Waals surface area (Å²) >= 11 is 0. The molecular weight excluding hydrogens is 412 g/mol. The molecule has 168 valence electrons. The van der Waals surface area contributed by atoms with Gasteiger partial charge in [-0.15, -0.1) is 0 Å². The van der Waals surface area contributed by atoms with E-state index in [1.165, 1.54) is 0 Å². The molecule has 0 aromatic heterocycles. The van der Waals surface area contributed by atoms with Gasteiger partial charge in [-0.05, 0) is 39.0 Å². The average molecular weight is 436 g/mol. The zero-order chi connectivity index (χ0) is 23.3. The summed E-state index contributed by atoms with van der Waals surface area (Å²) in [6, 6.07) is 1.40. The summed E-state index contributed by atoms with van der Waals surface area (Å²) in [6.45, 7) is 2.29. The average Bonchev–Trinajstić information content (AvgIpc) is 2.59. The fourth-order valence-corrected chi connectivity index (χ4v) is 2.38. The maximum absolute atomic E-state index is 14.2. The first-order valence-electron chi connectivity index (χ1n) is 8.82. The Morgan fingerprint density at radius 1 is 1.17 bits per heavy atom. The Balaban J connectivity index is 3.16.